The number of carbonyl (C=O) groups is 1. The average molecular weight is 392 g/mol. The zero-order chi connectivity index (χ0) is 21.3. The zero-order valence-corrected chi connectivity index (χ0v) is 16.1. The van der Waals surface area contributed by atoms with Crippen LogP contribution in [0.3, 0.4) is 0 Å². The first-order chi connectivity index (χ1) is 14.5. The molecule has 0 aliphatic rings. The van der Waals surface area contributed by atoms with Crippen molar-refractivity contribution in [3.8, 4) is 29.0 Å². The van der Waals surface area contributed by atoms with Gasteiger partial charge in [0, 0.05) is 41.7 Å². The SMILES string of the molecule is C=C(C(N)=O)c1cccc(C#Cc2cc(-c3cnn(C)c3)cn3ncc(C#N)c23)c1. The Kier molecular flexibility index (Phi) is 4.63. The molecule has 0 aliphatic carbocycles. The Labute approximate surface area is 172 Å². The van der Waals surface area contributed by atoms with Crippen molar-refractivity contribution in [3.05, 3.63) is 84.0 Å². The number of carbonyl (C=O) groups excluding carboxylic acids is 1. The normalized spacial score (nSPS) is 10.3. The number of rotatable bonds is 3. The highest BCUT2D eigenvalue weighted by molar-refractivity contribution is 6.17. The van der Waals surface area contributed by atoms with Crippen LogP contribution >= 0.6 is 0 Å². The molecule has 2 N–H and O–H groups in total. The van der Waals surface area contributed by atoms with Gasteiger partial charge in [0.15, 0.2) is 0 Å². The maximum atomic E-state index is 11.4. The van der Waals surface area contributed by atoms with Crippen molar-refractivity contribution in [1.82, 2.24) is 19.4 Å². The van der Waals surface area contributed by atoms with Gasteiger partial charge in [-0.15, -0.1) is 0 Å². The minimum absolute atomic E-state index is 0.224. The molecule has 0 fully saturated rings. The van der Waals surface area contributed by atoms with Gasteiger partial charge in [-0.3, -0.25) is 9.48 Å². The molecule has 30 heavy (non-hydrogen) atoms. The summed E-state index contributed by atoms with van der Waals surface area (Å²) in [5, 5.41) is 18.0. The summed E-state index contributed by atoms with van der Waals surface area (Å²) < 4.78 is 3.36. The van der Waals surface area contributed by atoms with Crippen molar-refractivity contribution in [2.75, 3.05) is 0 Å². The molecule has 0 radical (unpaired) electrons. The van der Waals surface area contributed by atoms with Gasteiger partial charge < -0.3 is 5.73 Å². The molecule has 7 heteroatoms. The van der Waals surface area contributed by atoms with Gasteiger partial charge in [0.2, 0.25) is 5.91 Å². The minimum Gasteiger partial charge on any atom is -0.366 e. The first kappa shape index (κ1) is 18.7. The van der Waals surface area contributed by atoms with E-state index in [0.717, 1.165) is 11.1 Å². The highest BCUT2D eigenvalue weighted by Crippen LogP contribution is 2.24. The Morgan fingerprint density at radius 1 is 1.10 bits per heavy atom. The van der Waals surface area contributed by atoms with E-state index in [0.29, 0.717) is 27.8 Å². The number of amides is 1. The molecule has 144 valence electrons. The van der Waals surface area contributed by atoms with Crippen LogP contribution in [0.15, 0.2) is 61.7 Å². The number of nitrogens with two attached hydrogens (primary N) is 1. The third-order valence-electron chi connectivity index (χ3n) is 4.62. The van der Waals surface area contributed by atoms with Gasteiger partial charge in [-0.25, -0.2) is 4.52 Å². The van der Waals surface area contributed by atoms with E-state index in [4.69, 9.17) is 5.73 Å². The highest BCUT2D eigenvalue weighted by atomic mass is 16.1. The number of fused-ring (bicyclic) bond motifs is 1. The van der Waals surface area contributed by atoms with Crippen molar-refractivity contribution >= 4 is 17.0 Å². The average Bonchev–Trinajstić information content (AvgIpc) is 3.37. The fourth-order valence-corrected chi connectivity index (χ4v) is 3.09. The third kappa shape index (κ3) is 3.44. The maximum Gasteiger partial charge on any atom is 0.248 e. The van der Waals surface area contributed by atoms with Crippen LogP contribution in [0.2, 0.25) is 0 Å². The molecular formula is C23H16N6O. The largest absolute Gasteiger partial charge is 0.366 e. The monoisotopic (exact) mass is 392 g/mol. The van der Waals surface area contributed by atoms with E-state index in [1.165, 1.54) is 6.20 Å². The van der Waals surface area contributed by atoms with Gasteiger partial charge in [0.25, 0.3) is 0 Å². The second-order valence-corrected chi connectivity index (χ2v) is 6.68. The number of pyridine rings is 1. The first-order valence-electron chi connectivity index (χ1n) is 8.98. The molecule has 0 unspecified atom stereocenters. The van der Waals surface area contributed by atoms with Gasteiger partial charge >= 0.3 is 0 Å². The summed E-state index contributed by atoms with van der Waals surface area (Å²) in [5.74, 6) is 5.66. The van der Waals surface area contributed by atoms with Gasteiger partial charge in [-0.1, -0.05) is 30.6 Å². The predicted molar refractivity (Wildman–Crippen MR) is 113 cm³/mol. The number of primary amides is 1. The number of nitriles is 1. The summed E-state index contributed by atoms with van der Waals surface area (Å²) in [5.41, 5.74) is 10.4. The van der Waals surface area contributed by atoms with Gasteiger partial charge in [-0.05, 0) is 23.8 Å². The lowest BCUT2D eigenvalue weighted by molar-refractivity contribution is -0.112. The summed E-state index contributed by atoms with van der Waals surface area (Å²) in [6.45, 7) is 3.71. The molecule has 0 bridgehead atoms. The molecule has 0 atom stereocenters. The lowest BCUT2D eigenvalue weighted by atomic mass is 10.0. The quantitative estimate of drug-likeness (QED) is 0.427. The van der Waals surface area contributed by atoms with Crippen molar-refractivity contribution in [1.29, 1.82) is 5.26 Å². The van der Waals surface area contributed by atoms with Crippen molar-refractivity contribution in [2.24, 2.45) is 12.8 Å². The molecule has 1 amide bonds. The van der Waals surface area contributed by atoms with Crippen molar-refractivity contribution in [2.45, 2.75) is 0 Å². The first-order valence-corrected chi connectivity index (χ1v) is 8.98. The molecule has 3 heterocycles. The molecule has 0 saturated heterocycles. The van der Waals surface area contributed by atoms with Crippen LogP contribution in [0.1, 0.15) is 22.3 Å². The molecule has 0 spiro atoms. The summed E-state index contributed by atoms with van der Waals surface area (Å²) in [7, 11) is 1.84. The third-order valence-corrected chi connectivity index (χ3v) is 4.62. The molecule has 0 aliphatic heterocycles. The van der Waals surface area contributed by atoms with E-state index >= 15 is 0 Å². The summed E-state index contributed by atoms with van der Waals surface area (Å²) >= 11 is 0. The number of aromatic nitrogens is 4. The van der Waals surface area contributed by atoms with Crippen LogP contribution in [0, 0.1) is 23.2 Å². The van der Waals surface area contributed by atoms with Gasteiger partial charge in [0.05, 0.1) is 29.0 Å². The van der Waals surface area contributed by atoms with E-state index in [2.05, 4.69) is 34.7 Å². The number of nitrogens with zero attached hydrogens (tertiary/aromatic N) is 5. The molecule has 4 rings (SSSR count). The van der Waals surface area contributed by atoms with E-state index in [1.54, 1.807) is 33.6 Å². The van der Waals surface area contributed by atoms with Gasteiger partial charge in [-0.2, -0.15) is 15.5 Å². The van der Waals surface area contributed by atoms with Crippen molar-refractivity contribution < 1.29 is 4.79 Å². The van der Waals surface area contributed by atoms with Crippen molar-refractivity contribution in [3.63, 3.8) is 0 Å². The lowest BCUT2D eigenvalue weighted by Crippen LogP contribution is -2.11. The van der Waals surface area contributed by atoms with Gasteiger partial charge in [0.1, 0.15) is 6.07 Å². The summed E-state index contributed by atoms with van der Waals surface area (Å²) in [6.07, 6.45) is 7.01. The second-order valence-electron chi connectivity index (χ2n) is 6.68. The summed E-state index contributed by atoms with van der Waals surface area (Å²) in [6, 6.07) is 11.2. The maximum absolute atomic E-state index is 11.4. The molecule has 1 aromatic carbocycles. The Morgan fingerprint density at radius 3 is 2.63 bits per heavy atom. The van der Waals surface area contributed by atoms with Crippen LogP contribution in [-0.4, -0.2) is 25.3 Å². The number of aryl methyl sites for hydroxylation is 1. The number of hydrogen-bond acceptors (Lipinski definition) is 4. The van der Waals surface area contributed by atoms with Crippen LogP contribution in [0.4, 0.5) is 0 Å². The molecule has 0 saturated carbocycles. The lowest BCUT2D eigenvalue weighted by Gasteiger charge is -2.04. The highest BCUT2D eigenvalue weighted by Gasteiger charge is 2.12. The molecule has 4 aromatic rings. The molecular weight excluding hydrogens is 376 g/mol. The smallest absolute Gasteiger partial charge is 0.248 e. The Balaban J connectivity index is 1.84. The number of benzene rings is 1. The minimum atomic E-state index is -0.580. The fourth-order valence-electron chi connectivity index (χ4n) is 3.09. The summed E-state index contributed by atoms with van der Waals surface area (Å²) in [4.78, 5) is 11.4. The van der Waals surface area contributed by atoms with E-state index in [-0.39, 0.29) is 5.57 Å². The Morgan fingerprint density at radius 2 is 1.93 bits per heavy atom. The predicted octanol–water partition coefficient (Wildman–Crippen LogP) is 2.50. The van der Waals surface area contributed by atoms with Crippen LogP contribution in [0.5, 0.6) is 0 Å². The number of hydrogen-bond donors (Lipinski definition) is 1. The van der Waals surface area contributed by atoms with Crippen LogP contribution in [0.25, 0.3) is 22.2 Å². The zero-order valence-electron chi connectivity index (χ0n) is 16.1. The molecule has 7 nitrogen and oxygen atoms in total. The topological polar surface area (TPSA) is 102 Å². The van der Waals surface area contributed by atoms with Crippen LogP contribution < -0.4 is 5.73 Å². The standard InChI is InChI=1S/C23H16N6O/c1-15(23(25)30)17-5-3-4-16(8-17)6-7-18-9-19(21-12-26-28(2)13-21)14-29-22(18)20(10-24)11-27-29/h3-5,8-9,11-14H,1H2,2H3,(H2,25,30). The Hall–Kier alpha value is -4.62. The second kappa shape index (κ2) is 7.42. The van der Waals surface area contributed by atoms with E-state index in [9.17, 15) is 10.1 Å². The van der Waals surface area contributed by atoms with E-state index < -0.39 is 5.91 Å². The molecule has 3 aromatic heterocycles. The van der Waals surface area contributed by atoms with Crippen LogP contribution in [-0.2, 0) is 11.8 Å². The Bertz CT molecular complexity index is 1420. The van der Waals surface area contributed by atoms with E-state index in [1.807, 2.05) is 31.6 Å². The fraction of sp³-hybridized carbons (Fsp3) is 0.0435.